The van der Waals surface area contributed by atoms with Gasteiger partial charge in [-0.25, -0.2) is 0 Å². The van der Waals surface area contributed by atoms with Gasteiger partial charge in [0.1, 0.15) is 0 Å². The predicted molar refractivity (Wildman–Crippen MR) is 50.2 cm³/mol. The van der Waals surface area contributed by atoms with Crippen molar-refractivity contribution in [2.75, 3.05) is 6.61 Å². The zero-order chi connectivity index (χ0) is 9.69. The normalized spacial score (nSPS) is 37.4. The first-order chi connectivity index (χ1) is 5.96. The number of rotatable bonds is 2. The molecule has 3 nitrogen and oxygen atoms in total. The van der Waals surface area contributed by atoms with Crippen molar-refractivity contribution in [2.24, 2.45) is 11.1 Å². The van der Waals surface area contributed by atoms with Crippen molar-refractivity contribution < 1.29 is 9.47 Å². The molecule has 2 rings (SSSR count). The highest BCUT2D eigenvalue weighted by molar-refractivity contribution is 5.06. The molecule has 1 heterocycles. The molecule has 1 saturated heterocycles. The number of hydrogen-bond acceptors (Lipinski definition) is 3. The lowest BCUT2D eigenvalue weighted by molar-refractivity contribution is -0.147. The van der Waals surface area contributed by atoms with Crippen molar-refractivity contribution in [1.29, 1.82) is 0 Å². The van der Waals surface area contributed by atoms with Gasteiger partial charge >= 0.3 is 0 Å². The summed E-state index contributed by atoms with van der Waals surface area (Å²) in [5.41, 5.74) is 6.18. The minimum Gasteiger partial charge on any atom is -0.348 e. The van der Waals surface area contributed by atoms with Crippen molar-refractivity contribution in [3.63, 3.8) is 0 Å². The smallest absolute Gasteiger partial charge is 0.163 e. The largest absolute Gasteiger partial charge is 0.348 e. The molecule has 0 radical (unpaired) electrons. The predicted octanol–water partition coefficient (Wildman–Crippen LogP) is 1.27. The van der Waals surface area contributed by atoms with Crippen molar-refractivity contribution in [1.82, 2.24) is 0 Å². The quantitative estimate of drug-likeness (QED) is 0.704. The summed E-state index contributed by atoms with van der Waals surface area (Å²) >= 11 is 0. The third kappa shape index (κ3) is 1.49. The van der Waals surface area contributed by atoms with E-state index in [1.54, 1.807) is 0 Å². The SMILES string of the molecule is CC(N)C1(C2COC(C)(C)O2)CC1. The third-order valence-corrected chi connectivity index (χ3v) is 3.38. The Labute approximate surface area is 79.6 Å². The molecule has 2 atom stereocenters. The van der Waals surface area contributed by atoms with Gasteiger partial charge in [-0.05, 0) is 33.6 Å². The summed E-state index contributed by atoms with van der Waals surface area (Å²) in [6, 6.07) is 0.218. The van der Waals surface area contributed by atoms with E-state index < -0.39 is 5.79 Å². The maximum Gasteiger partial charge on any atom is 0.163 e. The first-order valence-corrected chi connectivity index (χ1v) is 5.04. The first kappa shape index (κ1) is 9.44. The highest BCUT2D eigenvalue weighted by Crippen LogP contribution is 2.54. The lowest BCUT2D eigenvalue weighted by atomic mass is 9.92. The van der Waals surface area contributed by atoms with Gasteiger partial charge in [0.15, 0.2) is 5.79 Å². The van der Waals surface area contributed by atoms with Gasteiger partial charge in [-0.1, -0.05) is 0 Å². The molecule has 76 valence electrons. The fourth-order valence-corrected chi connectivity index (χ4v) is 2.19. The molecule has 3 heteroatoms. The van der Waals surface area contributed by atoms with Crippen LogP contribution >= 0.6 is 0 Å². The summed E-state index contributed by atoms with van der Waals surface area (Å²) in [6.45, 7) is 6.70. The second-order valence-corrected chi connectivity index (χ2v) is 4.84. The molecule has 1 aliphatic carbocycles. The van der Waals surface area contributed by atoms with Crippen LogP contribution in [0, 0.1) is 5.41 Å². The molecule has 2 N–H and O–H groups in total. The lowest BCUT2D eigenvalue weighted by Gasteiger charge is -2.26. The zero-order valence-electron chi connectivity index (χ0n) is 8.67. The van der Waals surface area contributed by atoms with Crippen LogP contribution in [0.15, 0.2) is 0 Å². The molecule has 0 amide bonds. The van der Waals surface area contributed by atoms with Crippen LogP contribution in [0.4, 0.5) is 0 Å². The first-order valence-electron chi connectivity index (χ1n) is 5.04. The van der Waals surface area contributed by atoms with Crippen molar-refractivity contribution >= 4 is 0 Å². The fraction of sp³-hybridized carbons (Fsp3) is 1.00. The van der Waals surface area contributed by atoms with E-state index >= 15 is 0 Å². The minimum absolute atomic E-state index is 0.211. The molecule has 0 aromatic heterocycles. The molecule has 2 fully saturated rings. The van der Waals surface area contributed by atoms with Crippen LogP contribution < -0.4 is 5.73 Å². The molecule has 13 heavy (non-hydrogen) atoms. The summed E-state index contributed by atoms with van der Waals surface area (Å²) in [5, 5.41) is 0. The maximum atomic E-state index is 5.97. The summed E-state index contributed by atoms with van der Waals surface area (Å²) in [5.74, 6) is -0.408. The average molecular weight is 185 g/mol. The number of nitrogens with two attached hydrogens (primary N) is 1. The van der Waals surface area contributed by atoms with Crippen LogP contribution in [-0.4, -0.2) is 24.5 Å². The van der Waals surface area contributed by atoms with Crippen LogP contribution in [-0.2, 0) is 9.47 Å². The van der Waals surface area contributed by atoms with Gasteiger partial charge in [0.2, 0.25) is 0 Å². The molecule has 2 unspecified atom stereocenters. The van der Waals surface area contributed by atoms with Gasteiger partial charge in [0, 0.05) is 11.5 Å². The number of ether oxygens (including phenoxy) is 2. The molecular formula is C10H19NO2. The maximum absolute atomic E-state index is 5.97. The van der Waals surface area contributed by atoms with Gasteiger partial charge in [-0.3, -0.25) is 0 Å². The monoisotopic (exact) mass is 185 g/mol. The van der Waals surface area contributed by atoms with E-state index in [1.807, 2.05) is 13.8 Å². The second kappa shape index (κ2) is 2.69. The van der Waals surface area contributed by atoms with E-state index in [0.29, 0.717) is 6.61 Å². The van der Waals surface area contributed by atoms with Crippen molar-refractivity contribution in [2.45, 2.75) is 51.5 Å². The molecule has 0 bridgehead atoms. The van der Waals surface area contributed by atoms with Gasteiger partial charge < -0.3 is 15.2 Å². The average Bonchev–Trinajstić information content (AvgIpc) is 2.73. The minimum atomic E-state index is -0.408. The Kier molecular flexibility index (Phi) is 1.95. The standard InChI is InChI=1S/C10H19NO2/c1-7(11)10(4-5-10)8-6-12-9(2,3)13-8/h7-8H,4-6,11H2,1-3H3. The Bertz CT molecular complexity index is 209. The Morgan fingerprint density at radius 3 is 2.31 bits per heavy atom. The van der Waals surface area contributed by atoms with Gasteiger partial charge in [0.05, 0.1) is 12.7 Å². The molecule has 1 aliphatic heterocycles. The Morgan fingerprint density at radius 2 is 2.00 bits per heavy atom. The van der Waals surface area contributed by atoms with Gasteiger partial charge in [-0.2, -0.15) is 0 Å². The summed E-state index contributed by atoms with van der Waals surface area (Å²) in [6.07, 6.45) is 2.59. The summed E-state index contributed by atoms with van der Waals surface area (Å²) < 4.78 is 11.4. The van der Waals surface area contributed by atoms with Crippen LogP contribution in [0.5, 0.6) is 0 Å². The van der Waals surface area contributed by atoms with Crippen LogP contribution in [0.25, 0.3) is 0 Å². The van der Waals surface area contributed by atoms with E-state index in [0.717, 1.165) is 0 Å². The molecule has 0 spiro atoms. The third-order valence-electron chi connectivity index (χ3n) is 3.38. The highest BCUT2D eigenvalue weighted by atomic mass is 16.7. The van der Waals surface area contributed by atoms with Crippen molar-refractivity contribution in [3.8, 4) is 0 Å². The molecule has 0 aromatic rings. The fourth-order valence-electron chi connectivity index (χ4n) is 2.19. The zero-order valence-corrected chi connectivity index (χ0v) is 8.67. The Morgan fingerprint density at radius 1 is 1.38 bits per heavy atom. The van der Waals surface area contributed by atoms with E-state index in [-0.39, 0.29) is 17.6 Å². The van der Waals surface area contributed by atoms with Crippen LogP contribution in [0.2, 0.25) is 0 Å². The summed E-state index contributed by atoms with van der Waals surface area (Å²) in [7, 11) is 0. The molecule has 2 aliphatic rings. The van der Waals surface area contributed by atoms with Crippen LogP contribution in [0.3, 0.4) is 0 Å². The van der Waals surface area contributed by atoms with Crippen LogP contribution in [0.1, 0.15) is 33.6 Å². The lowest BCUT2D eigenvalue weighted by Crippen LogP contribution is -2.39. The molecule has 0 aromatic carbocycles. The van der Waals surface area contributed by atoms with E-state index in [1.165, 1.54) is 12.8 Å². The van der Waals surface area contributed by atoms with Gasteiger partial charge in [-0.15, -0.1) is 0 Å². The van der Waals surface area contributed by atoms with E-state index in [2.05, 4.69) is 6.92 Å². The Hall–Kier alpha value is -0.120. The van der Waals surface area contributed by atoms with Crippen molar-refractivity contribution in [3.05, 3.63) is 0 Å². The topological polar surface area (TPSA) is 44.5 Å². The Balaban J connectivity index is 2.04. The second-order valence-electron chi connectivity index (χ2n) is 4.84. The van der Waals surface area contributed by atoms with E-state index in [9.17, 15) is 0 Å². The van der Waals surface area contributed by atoms with Gasteiger partial charge in [0.25, 0.3) is 0 Å². The summed E-state index contributed by atoms with van der Waals surface area (Å²) in [4.78, 5) is 0. The molecular weight excluding hydrogens is 166 g/mol. The highest BCUT2D eigenvalue weighted by Gasteiger charge is 2.56. The molecule has 1 saturated carbocycles. The number of hydrogen-bond donors (Lipinski definition) is 1. The van der Waals surface area contributed by atoms with E-state index in [4.69, 9.17) is 15.2 Å².